The summed E-state index contributed by atoms with van der Waals surface area (Å²) in [5, 5.41) is 97.6. The molecule has 0 atom stereocenters. The van der Waals surface area contributed by atoms with Crippen molar-refractivity contribution in [3.05, 3.63) is 60.2 Å². The quantitative estimate of drug-likeness (QED) is 0.0256. The predicted molar refractivity (Wildman–Crippen MR) is 450 cm³/mol. The first-order valence-electron chi connectivity index (χ1n) is 42.1. The van der Waals surface area contributed by atoms with Crippen molar-refractivity contribution in [1.82, 2.24) is 42.5 Å². The molecule has 0 saturated carbocycles. The maximum absolute atomic E-state index is 13.7. The van der Waals surface area contributed by atoms with E-state index in [1.54, 1.807) is 0 Å². The Hall–Kier alpha value is -11.1. The van der Waals surface area contributed by atoms with Crippen LogP contribution in [0.2, 0.25) is 0 Å². The van der Waals surface area contributed by atoms with Crippen LogP contribution in [0.25, 0.3) is 21.5 Å². The van der Waals surface area contributed by atoms with E-state index >= 15 is 0 Å². The summed E-state index contributed by atoms with van der Waals surface area (Å²) >= 11 is 0. The first-order valence-corrected chi connectivity index (χ1v) is 42.1. The Kier molecular flexibility index (Phi) is 61.6. The van der Waals surface area contributed by atoms with Crippen LogP contribution in [0.1, 0.15) is 108 Å². The highest BCUT2D eigenvalue weighted by molar-refractivity contribution is 6.02. The number of rotatable bonds is 83. The lowest BCUT2D eigenvalue weighted by atomic mass is 9.97. The molecule has 0 radical (unpaired) electrons. The van der Waals surface area contributed by atoms with Crippen LogP contribution in [0, 0.1) is 0 Å². The average Bonchev–Trinajstić information content (AvgIpc) is 0.777. The van der Waals surface area contributed by atoms with Gasteiger partial charge in [-0.2, -0.15) is 0 Å². The summed E-state index contributed by atoms with van der Waals surface area (Å²) in [5.74, 6) is -13.1. The van der Waals surface area contributed by atoms with Gasteiger partial charge < -0.3 is 154 Å². The summed E-state index contributed by atoms with van der Waals surface area (Å²) in [7, 11) is 0. The second kappa shape index (κ2) is 70.8. The highest BCUT2D eigenvalue weighted by Gasteiger charge is 2.24. The molecule has 47 nitrogen and oxygen atoms in total. The van der Waals surface area contributed by atoms with Gasteiger partial charge in [0, 0.05) is 57.1 Å². The van der Waals surface area contributed by atoms with Gasteiger partial charge in [0.25, 0.3) is 0 Å². The molecule has 0 aromatic heterocycles. The third kappa shape index (κ3) is 60.7. The number of hydrogen-bond donors (Lipinski definition) is 16. The van der Waals surface area contributed by atoms with Crippen LogP contribution in [0.5, 0.6) is 0 Å². The van der Waals surface area contributed by atoms with Gasteiger partial charge in [0.15, 0.2) is 0 Å². The number of ether oxygens (including phenoxy) is 15. The number of hydrogen-bond acceptors (Lipinski definition) is 31. The molecule has 0 aliphatic carbocycles. The molecule has 3 aromatic rings. The van der Waals surface area contributed by atoms with Gasteiger partial charge >= 0.3 is 53.8 Å². The zero-order valence-corrected chi connectivity index (χ0v) is 72.5. The smallest absolute Gasteiger partial charge is 0.407 e. The third-order valence-electron chi connectivity index (χ3n) is 17.6. The Labute approximate surface area is 748 Å². The number of fused-ring (bicyclic) bond motifs is 2. The molecule has 16 N–H and O–H groups in total. The van der Waals surface area contributed by atoms with Crippen molar-refractivity contribution in [2.75, 3.05) is 192 Å². The van der Waals surface area contributed by atoms with Crippen LogP contribution < -0.4 is 42.5 Å². The summed E-state index contributed by atoms with van der Waals surface area (Å²) in [6.45, 7) is -6.41. The number of benzene rings is 3. The van der Waals surface area contributed by atoms with E-state index < -0.39 is 137 Å². The van der Waals surface area contributed by atoms with Crippen molar-refractivity contribution in [3.8, 4) is 0 Å². The number of carbonyl (C=O) groups excluding carboxylic acids is 8. The largest absolute Gasteiger partial charge is 0.481 e. The molecule has 0 spiro atoms. The molecule has 0 aliphatic heterocycles. The minimum atomic E-state index is -1.13. The van der Waals surface area contributed by atoms with Gasteiger partial charge in [-0.05, 0) is 34.0 Å². The van der Waals surface area contributed by atoms with E-state index in [-0.39, 0.29) is 301 Å². The number of carboxylic acid groups (broad SMARTS) is 8. The van der Waals surface area contributed by atoms with Crippen molar-refractivity contribution < 1.29 is 189 Å². The van der Waals surface area contributed by atoms with E-state index in [1.165, 1.54) is 0 Å². The first-order chi connectivity index (χ1) is 62.4. The highest BCUT2D eigenvalue weighted by atomic mass is 16.6. The van der Waals surface area contributed by atoms with Gasteiger partial charge in [-0.15, -0.1) is 0 Å². The summed E-state index contributed by atoms with van der Waals surface area (Å²) in [6, 6.07) is 11.2. The Morgan fingerprint density at radius 3 is 0.608 bits per heavy atom. The number of nitrogens with one attached hydrogen (secondary N) is 8. The Balaban J connectivity index is 1.81. The second-order valence-corrected chi connectivity index (χ2v) is 29.0. The summed E-state index contributed by atoms with van der Waals surface area (Å²) < 4.78 is 83.8. The SMILES string of the molecule is O=C(O)CCOCC(COCCC(=O)O)NC(=O)CCOCC(COCCC(=O)NC(COCCC(=O)O)COCCC(=O)O)NC(=O)CCOCC(COCCC(=O)NC(COCCC(=O)NC(COCCC(=O)O)COCCC(=O)O)COCCC(=O)NC(COCCC(=O)O)COCCC(=O)O)NC(=O)CCCNC(=O)OCc1c2ccccc2cc2ccccc12. The van der Waals surface area contributed by atoms with Gasteiger partial charge in [0.05, 0.1) is 279 Å². The van der Waals surface area contributed by atoms with Crippen LogP contribution in [-0.4, -0.2) is 370 Å². The fourth-order valence-corrected chi connectivity index (χ4v) is 11.3. The summed E-state index contributed by atoms with van der Waals surface area (Å²) in [4.78, 5) is 195. The number of aliphatic carboxylic acids is 8. The molecule has 0 aliphatic rings. The number of carboxylic acids is 8. The fourth-order valence-electron chi connectivity index (χ4n) is 11.3. The van der Waals surface area contributed by atoms with Gasteiger partial charge in [0.2, 0.25) is 41.4 Å². The number of carbonyl (C=O) groups is 16. The molecule has 0 unspecified atom stereocenters. The van der Waals surface area contributed by atoms with Gasteiger partial charge in [-0.25, -0.2) is 4.79 Å². The molecule has 730 valence electrons. The average molecular weight is 1860 g/mol. The van der Waals surface area contributed by atoms with E-state index in [0.29, 0.717) is 0 Å². The monoisotopic (exact) mass is 1860 g/mol. The van der Waals surface area contributed by atoms with Crippen LogP contribution in [-0.2, 0) is 150 Å². The number of alkyl carbamates (subject to hydrolysis) is 1. The number of amides is 8. The van der Waals surface area contributed by atoms with E-state index in [9.17, 15) is 76.7 Å². The summed E-state index contributed by atoms with van der Waals surface area (Å²) in [6.07, 6.45) is -5.19. The molecule has 47 heteroatoms. The molecule has 3 aromatic carbocycles. The molecular formula is C83H124N8O39. The minimum Gasteiger partial charge on any atom is -0.481 e. The van der Waals surface area contributed by atoms with Crippen molar-refractivity contribution in [1.29, 1.82) is 0 Å². The molecule has 0 saturated heterocycles. The minimum absolute atomic E-state index is 0.00875. The van der Waals surface area contributed by atoms with E-state index in [2.05, 4.69) is 42.5 Å². The van der Waals surface area contributed by atoms with E-state index in [0.717, 1.165) is 27.1 Å². The lowest BCUT2D eigenvalue weighted by molar-refractivity contribution is -0.139. The zero-order valence-electron chi connectivity index (χ0n) is 72.5. The first kappa shape index (κ1) is 113. The van der Waals surface area contributed by atoms with Gasteiger partial charge in [-0.3, -0.25) is 71.9 Å². The van der Waals surface area contributed by atoms with Gasteiger partial charge in [-0.1, -0.05) is 48.5 Å². The van der Waals surface area contributed by atoms with Crippen LogP contribution in [0.15, 0.2) is 54.6 Å². The maximum Gasteiger partial charge on any atom is 0.407 e. The zero-order chi connectivity index (χ0) is 95.3. The van der Waals surface area contributed by atoms with Crippen molar-refractivity contribution in [3.63, 3.8) is 0 Å². The lowest BCUT2D eigenvalue weighted by Gasteiger charge is -2.22. The third-order valence-corrected chi connectivity index (χ3v) is 17.6. The highest BCUT2D eigenvalue weighted by Crippen LogP contribution is 2.29. The summed E-state index contributed by atoms with van der Waals surface area (Å²) in [5.41, 5.74) is 0.798. The predicted octanol–water partition coefficient (Wildman–Crippen LogP) is -0.236. The standard InChI is InChI=1S/C83H124N8O39/c92-68(10-5-25-84-83(115)130-55-67-65-8-3-1-6-56(65)40-57-7-2-4-9-66(57)67)85-58(41-116-26-11-69(93)86-59(43-118-28-13-71(95)88-61(47-122-32-17-75(99)100)48-123-33-18-76(101)102)44-119-29-14-72(96)89-62(49-124-34-19-77(103)104)50-125-35-20-78(105)106)42-117-27-12-70(94)87-60(45-120-30-15-73(97)90-63(51-126-36-21-79(107)108)52-127-37-22-80(109)110)46-121-31-16-74(98)91-64(53-128-38-23-81(111)112)54-129-39-24-82(113)114/h1-4,6-9,40,58-64H,5,10-39,41-55H2,(H,84,115)(H,85,92)(H,86,93)(H,87,94)(H,88,95)(H,89,96)(H,90,97)(H,91,98)(H,99,100)(H,101,102)(H,103,104)(H,105,106)(H,107,108)(H,109,110)(H,111,112)(H,113,114). The van der Waals surface area contributed by atoms with Crippen LogP contribution >= 0.6 is 0 Å². The molecule has 0 heterocycles. The van der Waals surface area contributed by atoms with E-state index in [1.807, 2.05) is 54.6 Å². The van der Waals surface area contributed by atoms with Crippen molar-refractivity contribution in [2.24, 2.45) is 0 Å². The topological polar surface area (TPSA) is 670 Å². The van der Waals surface area contributed by atoms with E-state index in [4.69, 9.17) is 112 Å². The van der Waals surface area contributed by atoms with Crippen LogP contribution in [0.3, 0.4) is 0 Å². The maximum atomic E-state index is 13.7. The fraction of sp³-hybridized carbons (Fsp3) is 0.639. The lowest BCUT2D eigenvalue weighted by Crippen LogP contribution is -2.44. The van der Waals surface area contributed by atoms with Crippen molar-refractivity contribution in [2.45, 2.75) is 152 Å². The molecule has 3 rings (SSSR count). The normalized spacial score (nSPS) is 11.4. The Morgan fingerprint density at radius 2 is 0.415 bits per heavy atom. The molecular weight excluding hydrogens is 1730 g/mol. The Morgan fingerprint density at radius 1 is 0.238 bits per heavy atom. The van der Waals surface area contributed by atoms with Crippen molar-refractivity contribution >= 4 is 117 Å². The molecule has 8 amide bonds. The molecule has 130 heavy (non-hydrogen) atoms. The van der Waals surface area contributed by atoms with Crippen LogP contribution in [0.4, 0.5) is 4.79 Å². The Bertz CT molecular complexity index is 3470. The molecule has 0 bridgehead atoms. The second-order valence-electron chi connectivity index (χ2n) is 29.0. The molecule has 0 fully saturated rings. The van der Waals surface area contributed by atoms with Gasteiger partial charge in [0.1, 0.15) is 6.61 Å².